The van der Waals surface area contributed by atoms with Crippen LogP contribution >= 0.6 is 0 Å². The van der Waals surface area contributed by atoms with Crippen LogP contribution in [0.4, 0.5) is 5.69 Å². The molecule has 1 aliphatic rings. The van der Waals surface area contributed by atoms with Gasteiger partial charge in [-0.25, -0.2) is 0 Å². The van der Waals surface area contributed by atoms with E-state index in [2.05, 4.69) is 6.07 Å². The minimum Gasteiger partial charge on any atom is -0.377 e. The van der Waals surface area contributed by atoms with Gasteiger partial charge in [0.1, 0.15) is 6.04 Å². The fourth-order valence-electron chi connectivity index (χ4n) is 2.90. The van der Waals surface area contributed by atoms with E-state index in [0.29, 0.717) is 12.1 Å². The van der Waals surface area contributed by atoms with Gasteiger partial charge in [0, 0.05) is 31.9 Å². The molecule has 1 atom stereocenters. The SMILES string of the molecule is CN(C)c1cccc2c1C(=O)N(Cc1ccccc1)C2C#N. The lowest BCUT2D eigenvalue weighted by atomic mass is 10.0. The van der Waals surface area contributed by atoms with E-state index >= 15 is 0 Å². The van der Waals surface area contributed by atoms with Crippen LogP contribution in [0.25, 0.3) is 0 Å². The van der Waals surface area contributed by atoms with Crippen molar-refractivity contribution in [3.63, 3.8) is 0 Å². The summed E-state index contributed by atoms with van der Waals surface area (Å²) in [7, 11) is 3.81. The lowest BCUT2D eigenvalue weighted by Crippen LogP contribution is -2.27. The Hall–Kier alpha value is -2.80. The molecule has 0 saturated heterocycles. The predicted octanol–water partition coefficient (Wildman–Crippen LogP) is 2.97. The molecule has 1 amide bonds. The molecule has 0 bridgehead atoms. The van der Waals surface area contributed by atoms with Gasteiger partial charge in [0.05, 0.1) is 11.6 Å². The quantitative estimate of drug-likeness (QED) is 0.873. The average Bonchev–Trinajstić information content (AvgIpc) is 2.80. The van der Waals surface area contributed by atoms with E-state index in [-0.39, 0.29) is 5.91 Å². The third-order valence-electron chi connectivity index (χ3n) is 3.96. The van der Waals surface area contributed by atoms with E-state index in [1.807, 2.05) is 67.5 Å². The van der Waals surface area contributed by atoms with E-state index < -0.39 is 6.04 Å². The highest BCUT2D eigenvalue weighted by molar-refractivity contribution is 6.04. The van der Waals surface area contributed by atoms with Crippen LogP contribution in [-0.4, -0.2) is 24.9 Å². The first-order valence-corrected chi connectivity index (χ1v) is 7.18. The van der Waals surface area contributed by atoms with Gasteiger partial charge in [-0.3, -0.25) is 4.79 Å². The van der Waals surface area contributed by atoms with Gasteiger partial charge < -0.3 is 9.80 Å². The maximum atomic E-state index is 12.8. The molecule has 0 aromatic heterocycles. The molecule has 0 radical (unpaired) electrons. The molecule has 1 unspecified atom stereocenters. The van der Waals surface area contributed by atoms with Gasteiger partial charge >= 0.3 is 0 Å². The van der Waals surface area contributed by atoms with Gasteiger partial charge in [-0.05, 0) is 11.6 Å². The number of carbonyl (C=O) groups excluding carboxylic acids is 1. The Morgan fingerprint density at radius 3 is 2.50 bits per heavy atom. The number of carbonyl (C=O) groups is 1. The second-order valence-corrected chi connectivity index (χ2v) is 5.59. The fraction of sp³-hybridized carbons (Fsp3) is 0.222. The van der Waals surface area contributed by atoms with Gasteiger partial charge in [0.25, 0.3) is 5.91 Å². The number of benzene rings is 2. The first kappa shape index (κ1) is 14.2. The zero-order valence-electron chi connectivity index (χ0n) is 12.7. The van der Waals surface area contributed by atoms with E-state index in [1.165, 1.54) is 0 Å². The van der Waals surface area contributed by atoms with Crippen molar-refractivity contribution in [2.75, 3.05) is 19.0 Å². The number of anilines is 1. The van der Waals surface area contributed by atoms with Crippen molar-refractivity contribution < 1.29 is 4.79 Å². The highest BCUT2D eigenvalue weighted by Gasteiger charge is 2.38. The number of rotatable bonds is 3. The number of hydrogen-bond donors (Lipinski definition) is 0. The summed E-state index contributed by atoms with van der Waals surface area (Å²) in [6.07, 6.45) is 0. The van der Waals surface area contributed by atoms with E-state index in [1.54, 1.807) is 4.90 Å². The standard InChI is InChI=1S/C18H17N3O/c1-20(2)15-10-6-9-14-16(11-19)21(18(22)17(14)15)12-13-7-4-3-5-8-13/h3-10,16H,12H2,1-2H3. The van der Waals surface area contributed by atoms with Crippen LogP contribution < -0.4 is 4.90 Å². The summed E-state index contributed by atoms with van der Waals surface area (Å²) < 4.78 is 0. The number of hydrogen-bond acceptors (Lipinski definition) is 3. The Morgan fingerprint density at radius 1 is 1.14 bits per heavy atom. The summed E-state index contributed by atoms with van der Waals surface area (Å²) in [6, 6.07) is 17.2. The first-order valence-electron chi connectivity index (χ1n) is 7.18. The van der Waals surface area contributed by atoms with Crippen molar-refractivity contribution in [2.24, 2.45) is 0 Å². The number of fused-ring (bicyclic) bond motifs is 1. The maximum absolute atomic E-state index is 12.8. The summed E-state index contributed by atoms with van der Waals surface area (Å²) in [5.41, 5.74) is 3.33. The van der Waals surface area contributed by atoms with Crippen molar-refractivity contribution in [2.45, 2.75) is 12.6 Å². The number of amides is 1. The minimum atomic E-state index is -0.525. The van der Waals surface area contributed by atoms with Gasteiger partial charge in [-0.2, -0.15) is 5.26 Å². The lowest BCUT2D eigenvalue weighted by molar-refractivity contribution is 0.0745. The molecular formula is C18H17N3O. The zero-order chi connectivity index (χ0) is 15.7. The Bertz CT molecular complexity index is 747. The molecule has 0 spiro atoms. The van der Waals surface area contributed by atoms with Crippen molar-refractivity contribution in [1.29, 1.82) is 5.26 Å². The molecule has 0 N–H and O–H groups in total. The molecule has 0 saturated carbocycles. The molecular weight excluding hydrogens is 274 g/mol. The van der Waals surface area contributed by atoms with E-state index in [0.717, 1.165) is 16.8 Å². The summed E-state index contributed by atoms with van der Waals surface area (Å²) in [5, 5.41) is 9.55. The average molecular weight is 291 g/mol. The highest BCUT2D eigenvalue weighted by atomic mass is 16.2. The normalized spacial score (nSPS) is 16.3. The number of nitrogens with zero attached hydrogens (tertiary/aromatic N) is 3. The minimum absolute atomic E-state index is 0.0743. The van der Waals surface area contributed by atoms with Gasteiger partial charge in [-0.1, -0.05) is 42.5 Å². The van der Waals surface area contributed by atoms with Crippen LogP contribution in [0.2, 0.25) is 0 Å². The zero-order valence-corrected chi connectivity index (χ0v) is 12.7. The van der Waals surface area contributed by atoms with Crippen LogP contribution in [0.15, 0.2) is 48.5 Å². The summed E-state index contributed by atoms with van der Waals surface area (Å²) in [6.45, 7) is 0.444. The monoisotopic (exact) mass is 291 g/mol. The molecule has 4 nitrogen and oxygen atoms in total. The lowest BCUT2D eigenvalue weighted by Gasteiger charge is -2.20. The van der Waals surface area contributed by atoms with Crippen molar-refractivity contribution in [3.8, 4) is 6.07 Å². The van der Waals surface area contributed by atoms with Gasteiger partial charge in [0.2, 0.25) is 0 Å². The largest absolute Gasteiger partial charge is 0.377 e. The van der Waals surface area contributed by atoms with Gasteiger partial charge in [0.15, 0.2) is 0 Å². The summed E-state index contributed by atoms with van der Waals surface area (Å²) in [4.78, 5) is 16.4. The molecule has 0 aliphatic carbocycles. The van der Waals surface area contributed by atoms with E-state index in [4.69, 9.17) is 0 Å². The molecule has 4 heteroatoms. The molecule has 1 aliphatic heterocycles. The maximum Gasteiger partial charge on any atom is 0.258 e. The Labute approximate surface area is 130 Å². The van der Waals surface area contributed by atoms with Crippen molar-refractivity contribution in [3.05, 3.63) is 65.2 Å². The van der Waals surface area contributed by atoms with Crippen molar-refractivity contribution in [1.82, 2.24) is 4.90 Å². The second-order valence-electron chi connectivity index (χ2n) is 5.59. The number of nitriles is 1. The summed E-state index contributed by atoms with van der Waals surface area (Å²) >= 11 is 0. The summed E-state index contributed by atoms with van der Waals surface area (Å²) in [5.74, 6) is -0.0743. The Balaban J connectivity index is 2.03. The third kappa shape index (κ3) is 2.21. The molecule has 1 heterocycles. The van der Waals surface area contributed by atoms with Crippen molar-refractivity contribution >= 4 is 11.6 Å². The topological polar surface area (TPSA) is 47.3 Å². The Morgan fingerprint density at radius 2 is 1.86 bits per heavy atom. The molecule has 110 valence electrons. The van der Waals surface area contributed by atoms with Crippen LogP contribution in [0, 0.1) is 11.3 Å². The van der Waals surface area contributed by atoms with Gasteiger partial charge in [-0.15, -0.1) is 0 Å². The molecule has 2 aromatic carbocycles. The molecule has 2 aromatic rings. The molecule has 0 fully saturated rings. The smallest absolute Gasteiger partial charge is 0.258 e. The highest BCUT2D eigenvalue weighted by Crippen LogP contribution is 2.38. The van der Waals surface area contributed by atoms with E-state index in [9.17, 15) is 10.1 Å². The third-order valence-corrected chi connectivity index (χ3v) is 3.96. The van der Waals surface area contributed by atoms with Crippen LogP contribution in [0.1, 0.15) is 27.5 Å². The second kappa shape index (κ2) is 5.53. The molecule has 3 rings (SSSR count). The van der Waals surface area contributed by atoms with Crippen LogP contribution in [0.5, 0.6) is 0 Å². The molecule has 22 heavy (non-hydrogen) atoms. The Kier molecular flexibility index (Phi) is 3.56. The fourth-order valence-corrected chi connectivity index (χ4v) is 2.90. The first-order chi connectivity index (χ1) is 10.6. The van der Waals surface area contributed by atoms with Crippen LogP contribution in [-0.2, 0) is 6.54 Å². The van der Waals surface area contributed by atoms with Crippen LogP contribution in [0.3, 0.4) is 0 Å². The predicted molar refractivity (Wildman–Crippen MR) is 85.4 cm³/mol.